The molecule has 1 aliphatic carbocycles. The van der Waals surface area contributed by atoms with E-state index in [-0.39, 0.29) is 17.7 Å². The van der Waals surface area contributed by atoms with E-state index >= 15 is 0 Å². The highest BCUT2D eigenvalue weighted by Gasteiger charge is 2.41. The Hall–Kier alpha value is -2.15. The smallest absolute Gasteiger partial charge is 0.229 e. The van der Waals surface area contributed by atoms with Gasteiger partial charge in [-0.3, -0.25) is 9.59 Å². The van der Waals surface area contributed by atoms with Crippen molar-refractivity contribution in [2.45, 2.75) is 25.3 Å². The molecule has 0 spiro atoms. The molecule has 1 aromatic rings. The number of amides is 2. The van der Waals surface area contributed by atoms with Gasteiger partial charge < -0.3 is 19.7 Å². The summed E-state index contributed by atoms with van der Waals surface area (Å²) in [4.78, 5) is 30.1. The summed E-state index contributed by atoms with van der Waals surface area (Å²) in [5.74, 6) is 0.167. The van der Waals surface area contributed by atoms with E-state index < -0.39 is 0 Å². The van der Waals surface area contributed by atoms with Crippen molar-refractivity contribution >= 4 is 17.5 Å². The molecule has 0 unspecified atom stereocenters. The van der Waals surface area contributed by atoms with Gasteiger partial charge in [-0.15, -0.1) is 0 Å². The Labute approximate surface area is 135 Å². The topological polar surface area (TPSA) is 80.8 Å². The molecule has 2 aliphatic rings. The summed E-state index contributed by atoms with van der Waals surface area (Å²) in [5, 5.41) is 2.82. The van der Waals surface area contributed by atoms with Crippen LogP contribution in [0.4, 0.5) is 5.69 Å². The summed E-state index contributed by atoms with van der Waals surface area (Å²) in [7, 11) is 1.60. The van der Waals surface area contributed by atoms with Gasteiger partial charge in [-0.05, 0) is 18.9 Å². The molecular formula is C16H21N3O4. The highest BCUT2D eigenvalue weighted by molar-refractivity contribution is 5.97. The second-order valence-corrected chi connectivity index (χ2v) is 5.89. The molecule has 124 valence electrons. The second kappa shape index (κ2) is 6.95. The van der Waals surface area contributed by atoms with Gasteiger partial charge in [0.1, 0.15) is 6.61 Å². The Balaban J connectivity index is 1.50. The maximum Gasteiger partial charge on any atom is 0.229 e. The van der Waals surface area contributed by atoms with Crippen molar-refractivity contribution in [3.8, 4) is 5.88 Å². The Morgan fingerprint density at radius 2 is 2.22 bits per heavy atom. The molecule has 7 nitrogen and oxygen atoms in total. The van der Waals surface area contributed by atoms with E-state index in [1.165, 1.54) is 0 Å². The number of methoxy groups -OCH3 is 1. The predicted octanol–water partition coefficient (Wildman–Crippen LogP) is 1.06. The van der Waals surface area contributed by atoms with Crippen molar-refractivity contribution in [1.29, 1.82) is 0 Å². The quantitative estimate of drug-likeness (QED) is 0.760. The SMILES string of the molecule is COCCOc1ccc(NC(=O)[C@H]2CC(=O)N(C3CC3)C2)cn1. The van der Waals surface area contributed by atoms with Crippen LogP contribution in [-0.4, -0.2) is 54.6 Å². The number of nitrogens with zero attached hydrogens (tertiary/aromatic N) is 2. The van der Waals surface area contributed by atoms with E-state index in [0.29, 0.717) is 43.8 Å². The zero-order chi connectivity index (χ0) is 16.2. The van der Waals surface area contributed by atoms with Gasteiger partial charge in [-0.2, -0.15) is 0 Å². The zero-order valence-electron chi connectivity index (χ0n) is 13.2. The number of aromatic nitrogens is 1. The first kappa shape index (κ1) is 15.7. The Bertz CT molecular complexity index is 571. The van der Waals surface area contributed by atoms with Crippen LogP contribution in [0.3, 0.4) is 0 Å². The number of rotatable bonds is 7. The van der Waals surface area contributed by atoms with Crippen LogP contribution in [0, 0.1) is 5.92 Å². The lowest BCUT2D eigenvalue weighted by atomic mass is 10.1. The average Bonchev–Trinajstić information content (AvgIpc) is 3.31. The van der Waals surface area contributed by atoms with Crippen LogP contribution in [0.1, 0.15) is 19.3 Å². The van der Waals surface area contributed by atoms with Crippen LogP contribution in [-0.2, 0) is 14.3 Å². The lowest BCUT2D eigenvalue weighted by Crippen LogP contribution is -2.29. The van der Waals surface area contributed by atoms with E-state index in [1.807, 2.05) is 4.90 Å². The molecule has 1 aromatic heterocycles. The predicted molar refractivity (Wildman–Crippen MR) is 83.1 cm³/mol. The molecule has 23 heavy (non-hydrogen) atoms. The van der Waals surface area contributed by atoms with Crippen molar-refractivity contribution in [3.05, 3.63) is 18.3 Å². The summed E-state index contributed by atoms with van der Waals surface area (Å²) in [6.45, 7) is 1.45. The van der Waals surface area contributed by atoms with Crippen LogP contribution in [0.2, 0.25) is 0 Å². The number of hydrogen-bond acceptors (Lipinski definition) is 5. The van der Waals surface area contributed by atoms with E-state index in [0.717, 1.165) is 12.8 Å². The highest BCUT2D eigenvalue weighted by atomic mass is 16.5. The van der Waals surface area contributed by atoms with Gasteiger partial charge in [0, 0.05) is 32.2 Å². The Morgan fingerprint density at radius 3 is 2.87 bits per heavy atom. The standard InChI is InChI=1S/C16H21N3O4/c1-22-6-7-23-14-5-2-12(9-17-14)18-16(21)11-8-15(20)19(10-11)13-3-4-13/h2,5,9,11,13H,3-4,6-8,10H2,1H3,(H,18,21)/t11-/m0/s1. The van der Waals surface area contributed by atoms with Crippen molar-refractivity contribution in [1.82, 2.24) is 9.88 Å². The summed E-state index contributed by atoms with van der Waals surface area (Å²) in [5.41, 5.74) is 0.603. The van der Waals surface area contributed by atoms with Crippen molar-refractivity contribution < 1.29 is 19.1 Å². The number of nitrogens with one attached hydrogen (secondary N) is 1. The van der Waals surface area contributed by atoms with Crippen LogP contribution in [0.15, 0.2) is 18.3 Å². The molecule has 1 atom stereocenters. The number of anilines is 1. The molecule has 0 bridgehead atoms. The fourth-order valence-corrected chi connectivity index (χ4v) is 2.66. The minimum Gasteiger partial charge on any atom is -0.475 e. The lowest BCUT2D eigenvalue weighted by molar-refractivity contribution is -0.128. The van der Waals surface area contributed by atoms with Gasteiger partial charge >= 0.3 is 0 Å². The third-order valence-corrected chi connectivity index (χ3v) is 4.06. The molecule has 1 saturated heterocycles. The molecule has 2 heterocycles. The number of carbonyl (C=O) groups excluding carboxylic acids is 2. The van der Waals surface area contributed by atoms with Crippen LogP contribution >= 0.6 is 0 Å². The Kier molecular flexibility index (Phi) is 4.76. The minimum atomic E-state index is -0.277. The third-order valence-electron chi connectivity index (χ3n) is 4.06. The number of carbonyl (C=O) groups is 2. The molecule has 0 radical (unpaired) electrons. The van der Waals surface area contributed by atoms with E-state index in [4.69, 9.17) is 9.47 Å². The van der Waals surface area contributed by atoms with Crippen molar-refractivity contribution in [2.75, 3.05) is 32.2 Å². The number of likely N-dealkylation sites (tertiary alicyclic amines) is 1. The lowest BCUT2D eigenvalue weighted by Gasteiger charge is -2.15. The van der Waals surface area contributed by atoms with Gasteiger partial charge in [0.05, 0.1) is 24.4 Å². The maximum atomic E-state index is 12.3. The third kappa shape index (κ3) is 3.98. The minimum absolute atomic E-state index is 0.0904. The van der Waals surface area contributed by atoms with Gasteiger partial charge in [-0.25, -0.2) is 4.98 Å². The van der Waals surface area contributed by atoms with Crippen LogP contribution in [0.25, 0.3) is 0 Å². The largest absolute Gasteiger partial charge is 0.475 e. The first-order valence-corrected chi connectivity index (χ1v) is 7.85. The summed E-state index contributed by atoms with van der Waals surface area (Å²) in [6.07, 6.45) is 3.98. The average molecular weight is 319 g/mol. The molecule has 2 fully saturated rings. The van der Waals surface area contributed by atoms with Gasteiger partial charge in [0.25, 0.3) is 0 Å². The van der Waals surface area contributed by atoms with E-state index in [1.54, 1.807) is 25.4 Å². The number of ether oxygens (including phenoxy) is 2. The monoisotopic (exact) mass is 319 g/mol. The molecule has 2 amide bonds. The fraction of sp³-hybridized carbons (Fsp3) is 0.562. The second-order valence-electron chi connectivity index (χ2n) is 5.89. The Morgan fingerprint density at radius 1 is 1.39 bits per heavy atom. The highest BCUT2D eigenvalue weighted by Crippen LogP contribution is 2.32. The molecule has 3 rings (SSSR count). The molecule has 1 saturated carbocycles. The van der Waals surface area contributed by atoms with Gasteiger partial charge in [-0.1, -0.05) is 0 Å². The van der Waals surface area contributed by atoms with Crippen molar-refractivity contribution in [2.24, 2.45) is 5.92 Å². The fourth-order valence-electron chi connectivity index (χ4n) is 2.66. The first-order valence-electron chi connectivity index (χ1n) is 7.85. The van der Waals surface area contributed by atoms with E-state index in [9.17, 15) is 9.59 Å². The number of hydrogen-bond donors (Lipinski definition) is 1. The zero-order valence-corrected chi connectivity index (χ0v) is 13.2. The summed E-state index contributed by atoms with van der Waals surface area (Å²) in [6, 6.07) is 3.80. The maximum absolute atomic E-state index is 12.3. The van der Waals surface area contributed by atoms with E-state index in [2.05, 4.69) is 10.3 Å². The normalized spacial score (nSPS) is 20.7. The molecule has 1 aliphatic heterocycles. The van der Waals surface area contributed by atoms with Gasteiger partial charge in [0.15, 0.2) is 0 Å². The first-order chi connectivity index (χ1) is 11.2. The van der Waals surface area contributed by atoms with Gasteiger partial charge in [0.2, 0.25) is 17.7 Å². The molecular weight excluding hydrogens is 298 g/mol. The molecule has 0 aromatic carbocycles. The molecule has 1 N–H and O–H groups in total. The number of pyridine rings is 1. The van der Waals surface area contributed by atoms with Crippen LogP contribution in [0.5, 0.6) is 5.88 Å². The van der Waals surface area contributed by atoms with Crippen molar-refractivity contribution in [3.63, 3.8) is 0 Å². The molecule has 7 heteroatoms. The van der Waals surface area contributed by atoms with Crippen LogP contribution < -0.4 is 10.1 Å². The summed E-state index contributed by atoms with van der Waals surface area (Å²) >= 11 is 0. The summed E-state index contributed by atoms with van der Waals surface area (Å²) < 4.78 is 10.3.